The monoisotopic (exact) mass is 326 g/mol. The summed E-state index contributed by atoms with van der Waals surface area (Å²) in [6.07, 6.45) is 0. The maximum Gasteiger partial charge on any atom is 0.259 e. The highest BCUT2D eigenvalue weighted by molar-refractivity contribution is 7.99. The molecule has 3 nitrogen and oxygen atoms in total. The number of hydrogen-bond acceptors (Lipinski definition) is 3. The number of carbonyl (C=O) groups is 1. The third-order valence-corrected chi connectivity index (χ3v) is 5.34. The summed E-state index contributed by atoms with van der Waals surface area (Å²) in [4.78, 5) is 19.3. The highest BCUT2D eigenvalue weighted by Crippen LogP contribution is 2.42. The van der Waals surface area contributed by atoms with Crippen molar-refractivity contribution in [2.45, 2.75) is 23.6 Å². The molecule has 0 atom stereocenters. The number of likely N-dealkylation sites (N-methyl/N-ethyl adjacent to an activating group) is 1. The van der Waals surface area contributed by atoms with Crippen LogP contribution in [0.2, 0.25) is 0 Å². The van der Waals surface area contributed by atoms with Crippen LogP contribution in [0.1, 0.15) is 21.5 Å². The minimum Gasteiger partial charge on any atom is -0.308 e. The van der Waals surface area contributed by atoms with Crippen molar-refractivity contribution in [2.24, 2.45) is 0 Å². The standard InChI is InChI=1S/C19H22N2OS/c1-13-11-16-18(12-14(13)2)23-17-8-6-5-7-15(17)19(22)21(16)10-9-20(3)4/h5-8,11-12H,9-10H2,1-4H3. The van der Waals surface area contributed by atoms with Crippen molar-refractivity contribution in [3.8, 4) is 0 Å². The molecule has 0 aliphatic carbocycles. The zero-order chi connectivity index (χ0) is 16.6. The number of nitrogens with zero attached hydrogens (tertiary/aromatic N) is 2. The van der Waals surface area contributed by atoms with Gasteiger partial charge in [0.1, 0.15) is 0 Å². The van der Waals surface area contributed by atoms with Crippen molar-refractivity contribution < 1.29 is 4.79 Å². The maximum atomic E-state index is 13.1. The van der Waals surface area contributed by atoms with E-state index in [-0.39, 0.29) is 5.91 Å². The fraction of sp³-hybridized carbons (Fsp3) is 0.316. The minimum absolute atomic E-state index is 0.0944. The smallest absolute Gasteiger partial charge is 0.259 e. The second-order valence-electron chi connectivity index (χ2n) is 6.26. The van der Waals surface area contributed by atoms with Crippen molar-refractivity contribution in [2.75, 3.05) is 32.1 Å². The lowest BCUT2D eigenvalue weighted by Gasteiger charge is -2.25. The average molecular weight is 326 g/mol. The number of benzene rings is 2. The van der Waals surface area contributed by atoms with Gasteiger partial charge >= 0.3 is 0 Å². The normalized spacial score (nSPS) is 13.8. The number of amides is 1. The van der Waals surface area contributed by atoms with Crippen molar-refractivity contribution >= 4 is 23.4 Å². The molecule has 23 heavy (non-hydrogen) atoms. The number of aryl methyl sites for hydroxylation is 2. The zero-order valence-electron chi connectivity index (χ0n) is 14.1. The van der Waals surface area contributed by atoms with Crippen LogP contribution in [0.3, 0.4) is 0 Å². The van der Waals surface area contributed by atoms with Crippen molar-refractivity contribution in [1.82, 2.24) is 4.90 Å². The Morgan fingerprint density at radius 2 is 1.74 bits per heavy atom. The Labute approximate surface area is 142 Å². The van der Waals surface area contributed by atoms with E-state index in [1.54, 1.807) is 11.8 Å². The van der Waals surface area contributed by atoms with Gasteiger partial charge in [-0.05, 0) is 63.3 Å². The third-order valence-electron chi connectivity index (χ3n) is 4.22. The van der Waals surface area contributed by atoms with Crippen LogP contribution < -0.4 is 4.90 Å². The number of anilines is 1. The van der Waals surface area contributed by atoms with E-state index in [9.17, 15) is 4.79 Å². The summed E-state index contributed by atoms with van der Waals surface area (Å²) in [6.45, 7) is 5.76. The molecule has 1 heterocycles. The SMILES string of the molecule is Cc1cc2c(cc1C)N(CCN(C)C)C(=O)c1ccccc1S2. The van der Waals surface area contributed by atoms with Gasteiger partial charge in [-0.1, -0.05) is 23.9 Å². The lowest BCUT2D eigenvalue weighted by molar-refractivity contribution is 0.0982. The lowest BCUT2D eigenvalue weighted by atomic mass is 10.1. The van der Waals surface area contributed by atoms with E-state index in [2.05, 4.69) is 30.9 Å². The average Bonchev–Trinajstić information content (AvgIpc) is 2.61. The van der Waals surface area contributed by atoms with E-state index >= 15 is 0 Å². The molecular formula is C19H22N2OS. The van der Waals surface area contributed by atoms with E-state index < -0.39 is 0 Å². The number of fused-ring (bicyclic) bond motifs is 2. The van der Waals surface area contributed by atoms with Crippen molar-refractivity contribution in [3.63, 3.8) is 0 Å². The quantitative estimate of drug-likeness (QED) is 0.852. The number of carbonyl (C=O) groups excluding carboxylic acids is 1. The molecule has 0 saturated heterocycles. The minimum atomic E-state index is 0.0944. The van der Waals surface area contributed by atoms with E-state index in [1.165, 1.54) is 11.1 Å². The summed E-state index contributed by atoms with van der Waals surface area (Å²) in [5.41, 5.74) is 4.30. The van der Waals surface area contributed by atoms with Gasteiger partial charge in [0.25, 0.3) is 5.91 Å². The molecule has 0 saturated carbocycles. The van der Waals surface area contributed by atoms with Gasteiger partial charge in [0.2, 0.25) is 0 Å². The molecule has 0 bridgehead atoms. The Morgan fingerprint density at radius 1 is 1.04 bits per heavy atom. The van der Waals surface area contributed by atoms with Gasteiger partial charge < -0.3 is 9.80 Å². The summed E-state index contributed by atoms with van der Waals surface area (Å²) >= 11 is 1.69. The topological polar surface area (TPSA) is 23.6 Å². The molecule has 2 aromatic carbocycles. The Morgan fingerprint density at radius 3 is 2.48 bits per heavy atom. The summed E-state index contributed by atoms with van der Waals surface area (Å²) in [5, 5.41) is 0. The molecule has 120 valence electrons. The molecule has 0 aromatic heterocycles. The number of rotatable bonds is 3. The van der Waals surface area contributed by atoms with E-state index in [0.29, 0.717) is 6.54 Å². The predicted molar refractivity (Wildman–Crippen MR) is 96.7 cm³/mol. The molecule has 3 rings (SSSR count). The fourth-order valence-electron chi connectivity index (χ4n) is 2.69. The third kappa shape index (κ3) is 3.14. The van der Waals surface area contributed by atoms with Crippen molar-refractivity contribution in [1.29, 1.82) is 0 Å². The summed E-state index contributed by atoms with van der Waals surface area (Å²) in [7, 11) is 4.07. The number of hydrogen-bond donors (Lipinski definition) is 0. The molecule has 4 heteroatoms. The predicted octanol–water partition coefficient (Wildman–Crippen LogP) is 3.98. The first kappa shape index (κ1) is 16.1. The van der Waals surface area contributed by atoms with Gasteiger partial charge in [-0.25, -0.2) is 0 Å². The van der Waals surface area contributed by atoms with Crippen LogP contribution >= 0.6 is 11.8 Å². The summed E-state index contributed by atoms with van der Waals surface area (Å²) < 4.78 is 0. The molecule has 0 spiro atoms. The second-order valence-corrected chi connectivity index (χ2v) is 7.35. The van der Waals surface area contributed by atoms with Crippen LogP contribution in [-0.4, -0.2) is 38.0 Å². The Kier molecular flexibility index (Phi) is 4.46. The molecule has 1 aliphatic rings. The van der Waals surface area contributed by atoms with Gasteiger partial charge in [-0.15, -0.1) is 0 Å². The van der Waals surface area contributed by atoms with Gasteiger partial charge in [0.05, 0.1) is 11.3 Å². The summed E-state index contributed by atoms with van der Waals surface area (Å²) in [5.74, 6) is 0.0944. The molecule has 0 radical (unpaired) electrons. The molecule has 0 unspecified atom stereocenters. The van der Waals surface area contributed by atoms with E-state index in [4.69, 9.17) is 0 Å². The van der Waals surface area contributed by atoms with Gasteiger partial charge in [0, 0.05) is 22.9 Å². The zero-order valence-corrected chi connectivity index (χ0v) is 14.9. The molecule has 0 fully saturated rings. The fourth-order valence-corrected chi connectivity index (χ4v) is 3.85. The molecule has 1 amide bonds. The van der Waals surface area contributed by atoms with Crippen LogP contribution in [0.15, 0.2) is 46.2 Å². The van der Waals surface area contributed by atoms with Crippen LogP contribution in [0, 0.1) is 13.8 Å². The van der Waals surface area contributed by atoms with Crippen LogP contribution in [-0.2, 0) is 0 Å². The van der Waals surface area contributed by atoms with Crippen LogP contribution in [0.25, 0.3) is 0 Å². The Balaban J connectivity index is 2.13. The van der Waals surface area contributed by atoms with Crippen LogP contribution in [0.5, 0.6) is 0 Å². The first-order chi connectivity index (χ1) is 11.0. The van der Waals surface area contributed by atoms with Gasteiger partial charge in [-0.2, -0.15) is 0 Å². The first-order valence-electron chi connectivity index (χ1n) is 7.82. The maximum absolute atomic E-state index is 13.1. The molecule has 0 N–H and O–H groups in total. The van der Waals surface area contributed by atoms with Gasteiger partial charge in [-0.3, -0.25) is 4.79 Å². The summed E-state index contributed by atoms with van der Waals surface area (Å²) in [6, 6.07) is 12.2. The highest BCUT2D eigenvalue weighted by Gasteiger charge is 2.27. The molecule has 1 aliphatic heterocycles. The highest BCUT2D eigenvalue weighted by atomic mass is 32.2. The van der Waals surface area contributed by atoms with E-state index in [0.717, 1.165) is 27.6 Å². The first-order valence-corrected chi connectivity index (χ1v) is 8.64. The Hall–Kier alpha value is -1.78. The van der Waals surface area contributed by atoms with Gasteiger partial charge in [0.15, 0.2) is 0 Å². The molecule has 2 aromatic rings. The van der Waals surface area contributed by atoms with Crippen molar-refractivity contribution in [3.05, 3.63) is 53.1 Å². The largest absolute Gasteiger partial charge is 0.308 e. The Bertz CT molecular complexity index is 755. The second kappa shape index (κ2) is 6.38. The van der Waals surface area contributed by atoms with Crippen LogP contribution in [0.4, 0.5) is 5.69 Å². The van der Waals surface area contributed by atoms with E-state index in [1.807, 2.05) is 43.3 Å². The molecular weight excluding hydrogens is 304 g/mol. The lowest BCUT2D eigenvalue weighted by Crippen LogP contribution is -2.36.